The first-order chi connectivity index (χ1) is 7.05. The molecule has 0 aromatic heterocycles. The van der Waals surface area contributed by atoms with Gasteiger partial charge >= 0.3 is 0 Å². The summed E-state index contributed by atoms with van der Waals surface area (Å²) in [5.74, 6) is 1.23. The van der Waals surface area contributed by atoms with Crippen LogP contribution in [0.3, 0.4) is 0 Å². The molecular weight excluding hydrogens is 206 g/mol. The van der Waals surface area contributed by atoms with Gasteiger partial charge in [0.05, 0.1) is 11.0 Å². The Balaban J connectivity index is 1.97. The van der Waals surface area contributed by atoms with E-state index in [1.54, 1.807) is 0 Å². The maximum Gasteiger partial charge on any atom is 0.0697 e. The van der Waals surface area contributed by atoms with Crippen LogP contribution in [0.25, 0.3) is 0 Å². The number of hydrogen-bond acceptors (Lipinski definition) is 3. The summed E-state index contributed by atoms with van der Waals surface area (Å²) in [5, 5.41) is 3.82. The molecular formula is C12H23NOS. The molecule has 0 radical (unpaired) electrons. The van der Waals surface area contributed by atoms with Crippen LogP contribution in [0.5, 0.6) is 0 Å². The third-order valence-electron chi connectivity index (χ3n) is 3.30. The van der Waals surface area contributed by atoms with Crippen molar-refractivity contribution in [3.63, 3.8) is 0 Å². The molecule has 2 saturated heterocycles. The summed E-state index contributed by atoms with van der Waals surface area (Å²) in [6, 6.07) is 0. The fraction of sp³-hybridized carbons (Fsp3) is 1.00. The van der Waals surface area contributed by atoms with Crippen LogP contribution in [0.1, 0.15) is 46.5 Å². The van der Waals surface area contributed by atoms with Gasteiger partial charge in [0, 0.05) is 24.3 Å². The maximum atomic E-state index is 5.82. The van der Waals surface area contributed by atoms with E-state index < -0.39 is 0 Å². The van der Waals surface area contributed by atoms with E-state index in [0.717, 1.165) is 6.61 Å². The molecule has 2 aliphatic heterocycles. The lowest BCUT2D eigenvalue weighted by molar-refractivity contribution is -0.0123. The van der Waals surface area contributed by atoms with Crippen molar-refractivity contribution >= 4 is 11.8 Å². The number of nitrogens with one attached hydrogen (secondary N) is 1. The molecule has 15 heavy (non-hydrogen) atoms. The molecule has 2 unspecified atom stereocenters. The third kappa shape index (κ3) is 2.69. The molecule has 2 rings (SSSR count). The molecule has 0 bridgehead atoms. The highest BCUT2D eigenvalue weighted by atomic mass is 32.2. The van der Waals surface area contributed by atoms with Crippen molar-refractivity contribution in [3.8, 4) is 0 Å². The van der Waals surface area contributed by atoms with Gasteiger partial charge < -0.3 is 4.74 Å². The molecule has 2 aliphatic rings. The van der Waals surface area contributed by atoms with Gasteiger partial charge in [0.2, 0.25) is 0 Å². The average Bonchev–Trinajstić information content (AvgIpc) is 2.42. The minimum atomic E-state index is 0.304. The van der Waals surface area contributed by atoms with Gasteiger partial charge in [0.25, 0.3) is 0 Å². The summed E-state index contributed by atoms with van der Waals surface area (Å²) in [6.45, 7) is 7.78. The molecule has 0 saturated carbocycles. The Bertz CT molecular complexity index is 230. The second-order valence-corrected chi connectivity index (χ2v) is 6.89. The summed E-state index contributed by atoms with van der Waals surface area (Å²) < 4.78 is 5.82. The van der Waals surface area contributed by atoms with Crippen molar-refractivity contribution in [2.24, 2.45) is 0 Å². The Morgan fingerprint density at radius 3 is 2.87 bits per heavy atom. The maximum absolute atomic E-state index is 5.82. The van der Waals surface area contributed by atoms with E-state index in [1.165, 1.54) is 31.4 Å². The minimum Gasteiger partial charge on any atom is -0.378 e. The lowest BCUT2D eigenvalue weighted by Crippen LogP contribution is -2.51. The summed E-state index contributed by atoms with van der Waals surface area (Å²) in [6.07, 6.45) is 5.28. The van der Waals surface area contributed by atoms with Crippen molar-refractivity contribution in [2.45, 2.75) is 63.0 Å². The van der Waals surface area contributed by atoms with Crippen LogP contribution in [-0.2, 0) is 4.74 Å². The normalized spacial score (nSPS) is 39.8. The van der Waals surface area contributed by atoms with Gasteiger partial charge in [-0.05, 0) is 26.7 Å². The van der Waals surface area contributed by atoms with Gasteiger partial charge in [-0.1, -0.05) is 13.3 Å². The van der Waals surface area contributed by atoms with E-state index in [-0.39, 0.29) is 0 Å². The van der Waals surface area contributed by atoms with E-state index >= 15 is 0 Å². The van der Waals surface area contributed by atoms with Crippen LogP contribution in [0, 0.1) is 0 Å². The molecule has 2 atom stereocenters. The first-order valence-corrected chi connectivity index (χ1v) is 7.09. The second kappa shape index (κ2) is 4.27. The Morgan fingerprint density at radius 1 is 1.47 bits per heavy atom. The summed E-state index contributed by atoms with van der Waals surface area (Å²) in [5.41, 5.74) is 0.304. The van der Waals surface area contributed by atoms with E-state index in [2.05, 4.69) is 37.8 Å². The van der Waals surface area contributed by atoms with Crippen molar-refractivity contribution in [1.82, 2.24) is 5.32 Å². The van der Waals surface area contributed by atoms with Crippen LogP contribution < -0.4 is 5.32 Å². The van der Waals surface area contributed by atoms with Crippen LogP contribution in [0.2, 0.25) is 0 Å². The highest BCUT2D eigenvalue weighted by Gasteiger charge is 2.46. The second-order valence-electron chi connectivity index (χ2n) is 5.53. The monoisotopic (exact) mass is 229 g/mol. The van der Waals surface area contributed by atoms with E-state index in [1.807, 2.05) is 0 Å². The molecule has 2 heterocycles. The number of thioether (sulfide) groups is 1. The number of rotatable bonds is 2. The smallest absolute Gasteiger partial charge is 0.0697 e. The molecule has 1 N–H and O–H groups in total. The van der Waals surface area contributed by atoms with Gasteiger partial charge in [-0.2, -0.15) is 0 Å². The number of hydrogen-bond donors (Lipinski definition) is 1. The Kier molecular flexibility index (Phi) is 3.34. The summed E-state index contributed by atoms with van der Waals surface area (Å²) >= 11 is 2.11. The molecule has 0 aliphatic carbocycles. The van der Waals surface area contributed by atoms with Crippen molar-refractivity contribution in [2.75, 3.05) is 12.4 Å². The Morgan fingerprint density at radius 2 is 2.27 bits per heavy atom. The standard InChI is InChI=1S/C12H23NOS/c1-4-5-10-8-12(6-7-14-10)13-11(2,3)9-15-12/h10,13H,4-9H2,1-3H3. The zero-order valence-corrected chi connectivity index (χ0v) is 11.0. The quantitative estimate of drug-likeness (QED) is 0.787. The molecule has 3 heteroatoms. The zero-order valence-electron chi connectivity index (χ0n) is 10.1. The summed E-state index contributed by atoms with van der Waals surface area (Å²) in [4.78, 5) is 0.321. The lowest BCUT2D eigenvalue weighted by Gasteiger charge is -2.39. The van der Waals surface area contributed by atoms with Crippen molar-refractivity contribution in [3.05, 3.63) is 0 Å². The van der Waals surface area contributed by atoms with Crippen LogP contribution in [0.4, 0.5) is 0 Å². The van der Waals surface area contributed by atoms with Crippen LogP contribution in [0.15, 0.2) is 0 Å². The molecule has 1 spiro atoms. The predicted octanol–water partition coefficient (Wildman–Crippen LogP) is 2.78. The van der Waals surface area contributed by atoms with Crippen molar-refractivity contribution in [1.29, 1.82) is 0 Å². The summed E-state index contributed by atoms with van der Waals surface area (Å²) in [7, 11) is 0. The largest absolute Gasteiger partial charge is 0.378 e. The minimum absolute atomic E-state index is 0.304. The van der Waals surface area contributed by atoms with E-state index in [0.29, 0.717) is 16.5 Å². The van der Waals surface area contributed by atoms with Gasteiger partial charge in [-0.15, -0.1) is 11.8 Å². The average molecular weight is 229 g/mol. The zero-order chi connectivity index (χ0) is 10.9. The molecule has 2 fully saturated rings. The molecule has 2 nitrogen and oxygen atoms in total. The first kappa shape index (κ1) is 11.7. The number of ether oxygens (including phenoxy) is 1. The SMILES string of the molecule is CCCC1CC2(CCO1)NC(C)(C)CS2. The molecule has 0 aromatic rings. The molecule has 88 valence electrons. The van der Waals surface area contributed by atoms with Gasteiger partial charge in [-0.25, -0.2) is 0 Å². The molecule has 0 aromatic carbocycles. The Labute approximate surface area is 97.5 Å². The topological polar surface area (TPSA) is 21.3 Å². The first-order valence-electron chi connectivity index (χ1n) is 6.10. The van der Waals surface area contributed by atoms with Crippen LogP contribution in [-0.4, -0.2) is 28.9 Å². The Hall–Kier alpha value is 0.270. The van der Waals surface area contributed by atoms with Crippen molar-refractivity contribution < 1.29 is 4.74 Å². The van der Waals surface area contributed by atoms with E-state index in [4.69, 9.17) is 4.74 Å². The fourth-order valence-corrected chi connectivity index (χ4v) is 4.27. The van der Waals surface area contributed by atoms with Gasteiger partial charge in [0.1, 0.15) is 0 Å². The van der Waals surface area contributed by atoms with Crippen LogP contribution >= 0.6 is 11.8 Å². The molecule has 0 amide bonds. The lowest BCUT2D eigenvalue weighted by atomic mass is 9.96. The highest BCUT2D eigenvalue weighted by molar-refractivity contribution is 8.01. The predicted molar refractivity (Wildman–Crippen MR) is 66.3 cm³/mol. The highest BCUT2D eigenvalue weighted by Crippen LogP contribution is 2.44. The van der Waals surface area contributed by atoms with Gasteiger partial charge in [-0.3, -0.25) is 5.32 Å². The third-order valence-corrected chi connectivity index (χ3v) is 5.19. The van der Waals surface area contributed by atoms with Gasteiger partial charge in [0.15, 0.2) is 0 Å². The fourth-order valence-electron chi connectivity index (χ4n) is 2.68. The van der Waals surface area contributed by atoms with E-state index in [9.17, 15) is 0 Å².